The summed E-state index contributed by atoms with van der Waals surface area (Å²) in [5.74, 6) is 1.75. The fourth-order valence-electron chi connectivity index (χ4n) is 4.02. The average molecular weight is 438 g/mol. The van der Waals surface area contributed by atoms with Crippen LogP contribution in [0.5, 0.6) is 5.75 Å². The number of nitrogens with zero attached hydrogens (tertiary/aromatic N) is 4. The highest BCUT2D eigenvalue weighted by atomic mass is 16.5. The minimum absolute atomic E-state index is 0.160. The van der Waals surface area contributed by atoms with Crippen LogP contribution in [0.15, 0.2) is 53.3 Å². The summed E-state index contributed by atoms with van der Waals surface area (Å²) >= 11 is 0. The topological polar surface area (TPSA) is 103 Å². The Bertz CT molecular complexity index is 1020. The summed E-state index contributed by atoms with van der Waals surface area (Å²) in [7, 11) is 3.28. The van der Waals surface area contributed by atoms with Crippen LogP contribution >= 0.6 is 0 Å². The van der Waals surface area contributed by atoms with Crippen molar-refractivity contribution in [2.24, 2.45) is 0 Å². The van der Waals surface area contributed by atoms with Crippen molar-refractivity contribution in [1.82, 2.24) is 20.0 Å². The zero-order valence-electron chi connectivity index (χ0n) is 18.3. The normalized spacial score (nSPS) is 18.4. The molecule has 1 aromatic carbocycles. The van der Waals surface area contributed by atoms with E-state index in [0.29, 0.717) is 43.5 Å². The molecule has 9 nitrogen and oxygen atoms in total. The second-order valence-electron chi connectivity index (χ2n) is 7.87. The molecular weight excluding hydrogens is 410 g/mol. The first-order chi connectivity index (χ1) is 15.6. The third-order valence-corrected chi connectivity index (χ3v) is 5.80. The maximum Gasteiger partial charge on any atom is 0.321 e. The van der Waals surface area contributed by atoms with Crippen LogP contribution in [0.4, 0.5) is 10.5 Å². The van der Waals surface area contributed by atoms with Crippen molar-refractivity contribution in [2.75, 3.05) is 39.2 Å². The highest BCUT2D eigenvalue weighted by molar-refractivity contribution is 5.89. The van der Waals surface area contributed by atoms with Crippen LogP contribution in [0.1, 0.15) is 25.1 Å². The Kier molecular flexibility index (Phi) is 6.65. The van der Waals surface area contributed by atoms with Crippen molar-refractivity contribution >= 4 is 11.7 Å². The molecule has 32 heavy (non-hydrogen) atoms. The quantitative estimate of drug-likeness (QED) is 0.601. The summed E-state index contributed by atoms with van der Waals surface area (Å²) in [6.07, 6.45) is 5.74. The second kappa shape index (κ2) is 9.78. The Morgan fingerprint density at radius 1 is 1.25 bits per heavy atom. The number of amides is 2. The lowest BCUT2D eigenvalue weighted by Gasteiger charge is -2.40. The van der Waals surface area contributed by atoms with E-state index in [2.05, 4.69) is 20.4 Å². The van der Waals surface area contributed by atoms with E-state index in [1.54, 1.807) is 26.6 Å². The molecule has 3 heterocycles. The van der Waals surface area contributed by atoms with Gasteiger partial charge in [0.15, 0.2) is 5.82 Å². The van der Waals surface area contributed by atoms with Crippen LogP contribution in [-0.4, -0.2) is 60.0 Å². The third kappa shape index (κ3) is 4.72. The number of aromatic nitrogens is 3. The van der Waals surface area contributed by atoms with Crippen LogP contribution in [0.2, 0.25) is 0 Å². The molecule has 2 amide bonds. The average Bonchev–Trinajstić information content (AvgIpc) is 3.35. The smallest absolute Gasteiger partial charge is 0.321 e. The molecule has 168 valence electrons. The number of nitrogens with one attached hydrogen (secondary N) is 1. The summed E-state index contributed by atoms with van der Waals surface area (Å²) in [4.78, 5) is 23.6. The highest BCUT2D eigenvalue weighted by Gasteiger charge is 2.42. The molecule has 1 saturated heterocycles. The third-order valence-electron chi connectivity index (χ3n) is 5.80. The van der Waals surface area contributed by atoms with Gasteiger partial charge in [-0.05, 0) is 55.7 Å². The van der Waals surface area contributed by atoms with E-state index in [1.165, 1.54) is 0 Å². The van der Waals surface area contributed by atoms with E-state index in [1.807, 2.05) is 41.3 Å². The minimum Gasteiger partial charge on any atom is -0.497 e. The number of urea groups is 1. The lowest BCUT2D eigenvalue weighted by atomic mass is 9.76. The summed E-state index contributed by atoms with van der Waals surface area (Å²) < 4.78 is 16.1. The largest absolute Gasteiger partial charge is 0.497 e. The molecule has 1 aliphatic rings. The predicted octanol–water partition coefficient (Wildman–Crippen LogP) is 3.74. The molecule has 3 aromatic rings. The maximum atomic E-state index is 13.0. The molecule has 0 aliphatic carbocycles. The first kappa shape index (κ1) is 21.8. The number of hydrogen-bond acceptors (Lipinski definition) is 7. The van der Waals surface area contributed by atoms with E-state index in [-0.39, 0.29) is 6.03 Å². The number of methoxy groups -OCH3 is 2. The summed E-state index contributed by atoms with van der Waals surface area (Å²) in [5, 5.41) is 7.26. The van der Waals surface area contributed by atoms with Crippen LogP contribution in [0.25, 0.3) is 11.5 Å². The van der Waals surface area contributed by atoms with Gasteiger partial charge in [-0.25, -0.2) is 4.79 Å². The van der Waals surface area contributed by atoms with Gasteiger partial charge in [-0.3, -0.25) is 4.98 Å². The number of hydrogen-bond donors (Lipinski definition) is 1. The van der Waals surface area contributed by atoms with Gasteiger partial charge in [-0.15, -0.1) is 0 Å². The standard InChI is InChI=1S/C23H27N5O4/c1-30-14-11-23(21-26-20(32-27-21)17-5-3-12-24-15-17)10-4-13-28(16-23)22(29)25-18-6-8-19(31-2)9-7-18/h3,5-9,12,15H,4,10-11,13-14,16H2,1-2H3,(H,25,29). The molecule has 1 unspecified atom stereocenters. The number of carbonyl (C=O) groups is 1. The van der Waals surface area contributed by atoms with Crippen LogP contribution in [0, 0.1) is 0 Å². The van der Waals surface area contributed by atoms with E-state index in [9.17, 15) is 4.79 Å². The number of carbonyl (C=O) groups excluding carboxylic acids is 1. The lowest BCUT2D eigenvalue weighted by Crippen LogP contribution is -2.50. The van der Waals surface area contributed by atoms with Gasteiger partial charge in [-0.1, -0.05) is 5.16 Å². The number of pyridine rings is 1. The number of ether oxygens (including phenoxy) is 2. The molecule has 1 N–H and O–H groups in total. The second-order valence-corrected chi connectivity index (χ2v) is 7.87. The maximum absolute atomic E-state index is 13.0. The molecule has 2 aromatic heterocycles. The number of anilines is 1. The van der Waals surface area contributed by atoms with Gasteiger partial charge in [0.2, 0.25) is 0 Å². The molecular formula is C23H27N5O4. The molecule has 1 fully saturated rings. The zero-order chi connectivity index (χ0) is 22.4. The highest BCUT2D eigenvalue weighted by Crippen LogP contribution is 2.37. The Morgan fingerprint density at radius 3 is 2.81 bits per heavy atom. The molecule has 0 bridgehead atoms. The van der Waals surface area contributed by atoms with Crippen LogP contribution in [-0.2, 0) is 10.2 Å². The number of piperidine rings is 1. The first-order valence-electron chi connectivity index (χ1n) is 10.6. The number of rotatable bonds is 7. The lowest BCUT2D eigenvalue weighted by molar-refractivity contribution is 0.111. The minimum atomic E-state index is -0.449. The van der Waals surface area contributed by atoms with Crippen molar-refractivity contribution < 1.29 is 18.8 Å². The van der Waals surface area contributed by atoms with E-state index in [4.69, 9.17) is 14.0 Å². The van der Waals surface area contributed by atoms with Crippen LogP contribution < -0.4 is 10.1 Å². The van der Waals surface area contributed by atoms with Crippen LogP contribution in [0.3, 0.4) is 0 Å². The summed E-state index contributed by atoms with van der Waals surface area (Å²) in [6.45, 7) is 1.67. The van der Waals surface area contributed by atoms with Gasteiger partial charge >= 0.3 is 6.03 Å². The molecule has 0 spiro atoms. The first-order valence-corrected chi connectivity index (χ1v) is 10.6. The Morgan fingerprint density at radius 2 is 2.09 bits per heavy atom. The molecule has 1 atom stereocenters. The van der Waals surface area contributed by atoms with Crippen molar-refractivity contribution in [3.8, 4) is 17.2 Å². The van der Waals surface area contributed by atoms with E-state index in [0.717, 1.165) is 24.2 Å². The molecule has 1 aliphatic heterocycles. The molecule has 0 saturated carbocycles. The molecule has 9 heteroatoms. The van der Waals surface area contributed by atoms with Gasteiger partial charge in [0.1, 0.15) is 5.75 Å². The van der Waals surface area contributed by atoms with Gasteiger partial charge in [-0.2, -0.15) is 4.98 Å². The zero-order valence-corrected chi connectivity index (χ0v) is 18.3. The fourth-order valence-corrected chi connectivity index (χ4v) is 4.02. The fraction of sp³-hybridized carbons (Fsp3) is 0.391. The van der Waals surface area contributed by atoms with Crippen molar-refractivity contribution in [3.63, 3.8) is 0 Å². The molecule has 0 radical (unpaired) electrons. The Hall–Kier alpha value is -3.46. The van der Waals surface area contributed by atoms with E-state index < -0.39 is 5.41 Å². The Balaban J connectivity index is 1.54. The van der Waals surface area contributed by atoms with E-state index >= 15 is 0 Å². The van der Waals surface area contributed by atoms with Crippen molar-refractivity contribution in [1.29, 1.82) is 0 Å². The monoisotopic (exact) mass is 437 g/mol. The number of benzene rings is 1. The number of likely N-dealkylation sites (tertiary alicyclic amines) is 1. The molecule has 4 rings (SSSR count). The van der Waals surface area contributed by atoms with Gasteiger partial charge < -0.3 is 24.2 Å². The van der Waals surface area contributed by atoms with Gasteiger partial charge in [0.05, 0.1) is 18.1 Å². The Labute approximate surface area is 186 Å². The summed E-state index contributed by atoms with van der Waals surface area (Å²) in [5.41, 5.74) is 1.02. The van der Waals surface area contributed by atoms with Gasteiger partial charge in [0.25, 0.3) is 5.89 Å². The summed E-state index contributed by atoms with van der Waals surface area (Å²) in [6, 6.07) is 10.8. The SMILES string of the molecule is COCCC1(c2noc(-c3cccnc3)n2)CCCN(C(=O)Nc2ccc(OC)cc2)C1. The van der Waals surface area contributed by atoms with Gasteiger partial charge in [0, 0.05) is 44.9 Å². The van der Waals surface area contributed by atoms with Crippen molar-refractivity contribution in [3.05, 3.63) is 54.6 Å². The van der Waals surface area contributed by atoms with Crippen molar-refractivity contribution in [2.45, 2.75) is 24.7 Å². The predicted molar refractivity (Wildman–Crippen MR) is 119 cm³/mol.